The average Bonchev–Trinajstić information content (AvgIpc) is 3.53. The highest BCUT2D eigenvalue weighted by Gasteiger charge is 2.68. The lowest BCUT2D eigenvalue weighted by molar-refractivity contribution is -0.168. The number of hydrogen-bond donors (Lipinski definition) is 3. The monoisotopic (exact) mass is 715 g/mol. The number of rotatable bonds is 6. The first-order chi connectivity index (χ1) is 24.1. The van der Waals surface area contributed by atoms with Crippen LogP contribution in [0.15, 0.2) is 66.3 Å². The first-order valence-corrected chi connectivity index (χ1v) is 17.5. The summed E-state index contributed by atoms with van der Waals surface area (Å²) < 4.78 is 6.77. The third-order valence-corrected chi connectivity index (χ3v) is 12.4. The molecule has 0 amide bonds. The molecule has 3 N–H and O–H groups in total. The lowest BCUT2D eigenvalue weighted by atomic mass is 9.46. The second-order valence-electron chi connectivity index (χ2n) is 14.7. The smallest absolute Gasteiger partial charge is 0.307 e. The summed E-state index contributed by atoms with van der Waals surface area (Å²) in [4.78, 5) is 61.6. The number of hydrogen-bond acceptors (Lipinski definition) is 8. The van der Waals surface area contributed by atoms with E-state index >= 15 is 0 Å². The Balaban J connectivity index is 0.000000176. The molecule has 1 aromatic heterocycles. The summed E-state index contributed by atoms with van der Waals surface area (Å²) in [5.74, 6) is -1.17. The molecule has 6 atom stereocenters. The van der Waals surface area contributed by atoms with Crippen LogP contribution in [-0.4, -0.2) is 68.4 Å². The van der Waals surface area contributed by atoms with Crippen LogP contribution in [0.3, 0.4) is 0 Å². The number of carboxylic acid groups (broad SMARTS) is 1. The number of allylic oxidation sites excluding steroid dienone is 4. The Morgan fingerprint density at radius 2 is 1.76 bits per heavy atom. The largest absolute Gasteiger partial charge is 0.497 e. The summed E-state index contributed by atoms with van der Waals surface area (Å²) in [6, 6.07) is 11.9. The SMILES string of the molecule is COc1ccc2c(c1)c(CC(=O)O)c(C)n2C(=O)c1ccc(Cl)cc1.C[C@]12C=CC(=O)C=C1CC[C@@H]1[C@@H]2C(=O)C[C@@]2(C)[C@H]1CC[C@]2(O)C(=O)CO. The third kappa shape index (κ3) is 5.87. The van der Waals surface area contributed by atoms with Crippen LogP contribution in [0.2, 0.25) is 5.02 Å². The molecule has 51 heavy (non-hydrogen) atoms. The lowest BCUT2D eigenvalue weighted by Gasteiger charge is -2.56. The van der Waals surface area contributed by atoms with Crippen molar-refractivity contribution in [2.24, 2.45) is 28.6 Å². The minimum absolute atomic E-state index is 0.0206. The van der Waals surface area contributed by atoms with Gasteiger partial charge in [-0.05, 0) is 105 Å². The van der Waals surface area contributed by atoms with Gasteiger partial charge in [-0.15, -0.1) is 0 Å². The van der Waals surface area contributed by atoms with Crippen LogP contribution in [0.25, 0.3) is 10.9 Å². The molecule has 0 bridgehead atoms. The van der Waals surface area contributed by atoms with Gasteiger partial charge in [0.15, 0.2) is 11.6 Å². The van der Waals surface area contributed by atoms with Gasteiger partial charge < -0.3 is 20.1 Å². The number of carbonyl (C=O) groups excluding carboxylic acids is 4. The van der Waals surface area contributed by atoms with E-state index < -0.39 is 34.8 Å². The normalized spacial score (nSPS) is 29.3. The first kappa shape index (κ1) is 36.4. The van der Waals surface area contributed by atoms with E-state index in [9.17, 15) is 39.3 Å². The summed E-state index contributed by atoms with van der Waals surface area (Å²) in [7, 11) is 1.54. The zero-order chi connectivity index (χ0) is 37.0. The van der Waals surface area contributed by atoms with E-state index in [-0.39, 0.29) is 48.1 Å². The fourth-order valence-corrected chi connectivity index (χ4v) is 9.70. The minimum atomic E-state index is -1.62. The van der Waals surface area contributed by atoms with E-state index in [0.717, 1.165) is 18.4 Å². The highest BCUT2D eigenvalue weighted by Crippen LogP contribution is 2.66. The van der Waals surface area contributed by atoms with Crippen molar-refractivity contribution in [3.63, 3.8) is 0 Å². The van der Waals surface area contributed by atoms with Gasteiger partial charge >= 0.3 is 5.97 Å². The molecular weight excluding hydrogens is 674 g/mol. The topological polar surface area (TPSA) is 160 Å². The van der Waals surface area contributed by atoms with Gasteiger partial charge in [-0.1, -0.05) is 37.1 Å². The molecule has 4 aliphatic rings. The molecule has 4 aliphatic carbocycles. The van der Waals surface area contributed by atoms with Crippen LogP contribution in [-0.2, 0) is 25.6 Å². The fourth-order valence-electron chi connectivity index (χ4n) is 9.57. The zero-order valence-corrected chi connectivity index (χ0v) is 29.8. The van der Waals surface area contributed by atoms with Crippen LogP contribution < -0.4 is 4.74 Å². The van der Waals surface area contributed by atoms with Crippen LogP contribution in [0.5, 0.6) is 5.75 Å². The number of aliphatic hydroxyl groups excluding tert-OH is 1. The number of aliphatic carboxylic acids is 1. The molecule has 3 saturated carbocycles. The van der Waals surface area contributed by atoms with Crippen LogP contribution in [0, 0.1) is 35.5 Å². The number of ether oxygens (including phenoxy) is 1. The van der Waals surface area contributed by atoms with Gasteiger partial charge in [0, 0.05) is 44.8 Å². The number of aromatic nitrogens is 1. The summed E-state index contributed by atoms with van der Waals surface area (Å²) in [5, 5.41) is 30.9. The molecule has 0 radical (unpaired) electrons. The Morgan fingerprint density at radius 3 is 2.41 bits per heavy atom. The number of Topliss-reactive ketones (excluding diaryl/α,β-unsaturated/α-hetero) is 2. The molecule has 0 saturated heterocycles. The quantitative estimate of drug-likeness (QED) is 0.291. The number of aliphatic hydroxyl groups is 2. The predicted molar refractivity (Wildman–Crippen MR) is 190 cm³/mol. The minimum Gasteiger partial charge on any atom is -0.497 e. The van der Waals surface area contributed by atoms with E-state index in [1.54, 1.807) is 68.7 Å². The second-order valence-corrected chi connectivity index (χ2v) is 15.1. The van der Waals surface area contributed by atoms with Crippen molar-refractivity contribution in [1.29, 1.82) is 0 Å². The van der Waals surface area contributed by atoms with Gasteiger partial charge in [-0.2, -0.15) is 0 Å². The highest BCUT2D eigenvalue weighted by molar-refractivity contribution is 6.30. The van der Waals surface area contributed by atoms with Gasteiger partial charge in [-0.25, -0.2) is 0 Å². The van der Waals surface area contributed by atoms with Gasteiger partial charge in [-0.3, -0.25) is 28.5 Å². The summed E-state index contributed by atoms with van der Waals surface area (Å²) in [5.41, 5.74) is 0.463. The summed E-state index contributed by atoms with van der Waals surface area (Å²) in [6.07, 6.45) is 7.65. The average molecular weight is 716 g/mol. The number of methoxy groups -OCH3 is 1. The molecule has 0 aliphatic heterocycles. The van der Waals surface area contributed by atoms with Crippen molar-refractivity contribution >= 4 is 51.7 Å². The Morgan fingerprint density at radius 1 is 1.06 bits per heavy atom. The van der Waals surface area contributed by atoms with Crippen molar-refractivity contribution in [3.05, 3.63) is 88.1 Å². The van der Waals surface area contributed by atoms with E-state index in [0.29, 0.717) is 51.3 Å². The van der Waals surface area contributed by atoms with Gasteiger partial charge in [0.2, 0.25) is 0 Å². The Labute approximate surface area is 300 Å². The number of carboxylic acids is 1. The maximum Gasteiger partial charge on any atom is 0.307 e. The molecule has 2 aromatic carbocycles. The number of nitrogens with zero attached hydrogens (tertiary/aromatic N) is 1. The van der Waals surface area contributed by atoms with Crippen molar-refractivity contribution in [2.45, 2.75) is 64.9 Å². The van der Waals surface area contributed by atoms with Crippen molar-refractivity contribution in [2.75, 3.05) is 13.7 Å². The molecule has 3 fully saturated rings. The number of benzene rings is 2. The number of ketones is 3. The van der Waals surface area contributed by atoms with Gasteiger partial charge in [0.25, 0.3) is 5.91 Å². The van der Waals surface area contributed by atoms with Crippen LogP contribution >= 0.6 is 11.6 Å². The van der Waals surface area contributed by atoms with E-state index in [1.165, 1.54) is 4.57 Å². The maximum atomic E-state index is 13.3. The first-order valence-electron chi connectivity index (χ1n) is 17.1. The second kappa shape index (κ2) is 13.3. The Hall–Kier alpha value is -4.38. The molecule has 7 rings (SSSR count). The van der Waals surface area contributed by atoms with E-state index in [4.69, 9.17) is 16.3 Å². The highest BCUT2D eigenvalue weighted by atomic mass is 35.5. The van der Waals surface area contributed by atoms with Gasteiger partial charge in [0.1, 0.15) is 23.7 Å². The van der Waals surface area contributed by atoms with Crippen molar-refractivity contribution in [1.82, 2.24) is 4.57 Å². The standard InChI is InChI=1S/C21H26O5.C19H16ClNO4/c1-19-7-5-13(23)9-12(19)3-4-14-15-6-8-21(26,17(25)11-22)20(15,2)10-16(24)18(14)19;1-11-15(10-18(22)23)16-9-14(25-2)7-8-17(16)21(11)19(24)12-3-5-13(20)6-4-12/h5,7,9,14-15,18,22,26H,3-4,6,8,10-11H2,1-2H3;3-9H,10H2,1-2H3,(H,22,23)/t14-,15-,18+,19-,20-,21-;/m0./s1. The molecule has 3 aromatic rings. The Kier molecular flexibility index (Phi) is 9.50. The molecule has 1 heterocycles. The third-order valence-electron chi connectivity index (χ3n) is 12.2. The Bertz CT molecular complexity index is 2030. The van der Waals surface area contributed by atoms with Crippen molar-refractivity contribution in [3.8, 4) is 5.75 Å². The molecule has 10 nitrogen and oxygen atoms in total. The molecule has 0 spiro atoms. The van der Waals surface area contributed by atoms with Crippen LogP contribution in [0.4, 0.5) is 0 Å². The zero-order valence-electron chi connectivity index (χ0n) is 29.1. The fraction of sp³-hybridized carbons (Fsp3) is 0.425. The molecule has 11 heteroatoms. The summed E-state index contributed by atoms with van der Waals surface area (Å²) in [6.45, 7) is 4.94. The van der Waals surface area contributed by atoms with E-state index in [1.807, 2.05) is 19.9 Å². The number of carbonyl (C=O) groups is 5. The molecular formula is C40H42ClNO9. The predicted octanol–water partition coefficient (Wildman–Crippen LogP) is 5.69. The summed E-state index contributed by atoms with van der Waals surface area (Å²) >= 11 is 5.89. The molecule has 268 valence electrons. The lowest BCUT2D eigenvalue weighted by Crippen LogP contribution is -2.60. The van der Waals surface area contributed by atoms with Crippen LogP contribution in [0.1, 0.15) is 67.6 Å². The maximum absolute atomic E-state index is 13.3. The number of fused-ring (bicyclic) bond motifs is 6. The van der Waals surface area contributed by atoms with Crippen molar-refractivity contribution < 1.29 is 44.0 Å². The number of halogens is 1. The molecule has 0 unspecified atom stereocenters. The van der Waals surface area contributed by atoms with Gasteiger partial charge in [0.05, 0.1) is 19.0 Å². The van der Waals surface area contributed by atoms with E-state index in [2.05, 4.69) is 0 Å².